The second-order valence-electron chi connectivity index (χ2n) is 5.78. The van der Waals surface area contributed by atoms with Gasteiger partial charge in [-0.2, -0.15) is 5.10 Å². The topological polar surface area (TPSA) is 95.1 Å². The van der Waals surface area contributed by atoms with Crippen molar-refractivity contribution in [3.05, 3.63) is 65.2 Å². The number of esters is 1. The molecule has 1 aromatic carbocycles. The van der Waals surface area contributed by atoms with Gasteiger partial charge in [-0.1, -0.05) is 35.0 Å². The molecule has 3 rings (SSSR count). The fraction of sp³-hybridized carbons (Fsp3) is 0.294. The number of carbonyl (C=O) groups excluding carboxylic acids is 1. The first-order valence-electron chi connectivity index (χ1n) is 7.79. The maximum Gasteiger partial charge on any atom is 0.341 e. The van der Waals surface area contributed by atoms with Crippen LogP contribution < -0.4 is 0 Å². The van der Waals surface area contributed by atoms with Gasteiger partial charge in [0.1, 0.15) is 5.69 Å². The van der Waals surface area contributed by atoms with E-state index in [0.717, 1.165) is 11.1 Å². The van der Waals surface area contributed by atoms with Crippen molar-refractivity contribution in [2.24, 2.45) is 0 Å². The molecule has 0 unspecified atom stereocenters. The van der Waals surface area contributed by atoms with E-state index in [1.807, 2.05) is 31.2 Å². The molecule has 1 atom stereocenters. The number of aliphatic hydroxyl groups is 1. The summed E-state index contributed by atoms with van der Waals surface area (Å²) in [7, 11) is 1.32. The van der Waals surface area contributed by atoms with Gasteiger partial charge in [-0.15, -0.1) is 5.10 Å². The number of carbonyl (C=O) groups is 1. The molecule has 0 amide bonds. The highest BCUT2D eigenvalue weighted by atomic mass is 16.5. The van der Waals surface area contributed by atoms with Crippen molar-refractivity contribution in [1.29, 1.82) is 0 Å². The molecule has 25 heavy (non-hydrogen) atoms. The molecule has 8 heteroatoms. The van der Waals surface area contributed by atoms with E-state index >= 15 is 0 Å². The summed E-state index contributed by atoms with van der Waals surface area (Å²) in [5.74, 6) is -0.434. The molecule has 130 valence electrons. The van der Waals surface area contributed by atoms with Crippen LogP contribution in [0.3, 0.4) is 0 Å². The van der Waals surface area contributed by atoms with E-state index in [-0.39, 0.29) is 0 Å². The van der Waals surface area contributed by atoms with E-state index in [2.05, 4.69) is 20.1 Å². The average Bonchev–Trinajstić information content (AvgIpc) is 3.25. The minimum absolute atomic E-state index is 0.308. The molecule has 8 nitrogen and oxygen atoms in total. The molecule has 0 saturated heterocycles. The van der Waals surface area contributed by atoms with E-state index in [4.69, 9.17) is 0 Å². The second-order valence-corrected chi connectivity index (χ2v) is 5.78. The molecular weight excluding hydrogens is 322 g/mol. The van der Waals surface area contributed by atoms with E-state index in [1.54, 1.807) is 21.8 Å². The Morgan fingerprint density at radius 3 is 2.72 bits per heavy atom. The SMILES string of the molecule is COC(=O)c1cnn(Cc2cn(C[C@@H](O)c3ccc(C)cc3)nn2)c1. The lowest BCUT2D eigenvalue weighted by Gasteiger charge is -2.10. The third-order valence-electron chi connectivity index (χ3n) is 3.79. The number of ether oxygens (including phenoxy) is 1. The van der Waals surface area contributed by atoms with Gasteiger partial charge in [-0.25, -0.2) is 9.48 Å². The van der Waals surface area contributed by atoms with Gasteiger partial charge in [0.2, 0.25) is 0 Å². The number of nitrogens with zero attached hydrogens (tertiary/aromatic N) is 5. The maximum atomic E-state index is 11.4. The Morgan fingerprint density at radius 2 is 2.00 bits per heavy atom. The monoisotopic (exact) mass is 341 g/mol. The highest BCUT2D eigenvalue weighted by molar-refractivity contribution is 5.88. The molecule has 0 saturated carbocycles. The minimum atomic E-state index is -0.661. The summed E-state index contributed by atoms with van der Waals surface area (Å²) in [6, 6.07) is 7.72. The molecule has 0 bridgehead atoms. The normalized spacial score (nSPS) is 12.1. The lowest BCUT2D eigenvalue weighted by molar-refractivity contribution is 0.0600. The smallest absolute Gasteiger partial charge is 0.341 e. The van der Waals surface area contributed by atoms with Gasteiger partial charge in [0.05, 0.1) is 44.3 Å². The number of hydrogen-bond donors (Lipinski definition) is 1. The Kier molecular flexibility index (Phi) is 4.90. The van der Waals surface area contributed by atoms with Gasteiger partial charge < -0.3 is 9.84 Å². The summed E-state index contributed by atoms with van der Waals surface area (Å²) in [6.07, 6.45) is 4.12. The third kappa shape index (κ3) is 4.10. The molecule has 3 aromatic rings. The summed E-state index contributed by atoms with van der Waals surface area (Å²) in [5.41, 5.74) is 3.03. The highest BCUT2D eigenvalue weighted by Crippen LogP contribution is 2.15. The number of hydrogen-bond acceptors (Lipinski definition) is 6. The average molecular weight is 341 g/mol. The van der Waals surface area contributed by atoms with Crippen molar-refractivity contribution in [1.82, 2.24) is 24.8 Å². The van der Waals surface area contributed by atoms with Crippen molar-refractivity contribution < 1.29 is 14.6 Å². The first kappa shape index (κ1) is 16.8. The molecule has 0 spiro atoms. The lowest BCUT2D eigenvalue weighted by atomic mass is 10.1. The van der Waals surface area contributed by atoms with Crippen LogP contribution in [0, 0.1) is 6.92 Å². The van der Waals surface area contributed by atoms with Crippen LogP contribution >= 0.6 is 0 Å². The van der Waals surface area contributed by atoms with E-state index < -0.39 is 12.1 Å². The Labute approximate surface area is 144 Å². The van der Waals surface area contributed by atoms with Crippen molar-refractivity contribution in [2.45, 2.75) is 26.1 Å². The first-order valence-corrected chi connectivity index (χ1v) is 7.79. The standard InChI is InChI=1S/C17H19N5O3/c1-12-3-5-13(6-4-12)16(23)11-22-10-15(19-20-22)9-21-8-14(7-18-21)17(24)25-2/h3-8,10,16,23H,9,11H2,1-2H3/t16-/m1/s1. The van der Waals surface area contributed by atoms with Crippen LogP contribution in [0.4, 0.5) is 0 Å². The van der Waals surface area contributed by atoms with Crippen LogP contribution in [0.5, 0.6) is 0 Å². The van der Waals surface area contributed by atoms with Crippen LogP contribution in [-0.2, 0) is 17.8 Å². The number of aromatic nitrogens is 5. The fourth-order valence-corrected chi connectivity index (χ4v) is 2.41. The zero-order valence-electron chi connectivity index (χ0n) is 14.0. The lowest BCUT2D eigenvalue weighted by Crippen LogP contribution is -2.09. The summed E-state index contributed by atoms with van der Waals surface area (Å²) >= 11 is 0. The highest BCUT2D eigenvalue weighted by Gasteiger charge is 2.12. The van der Waals surface area contributed by atoms with Gasteiger partial charge in [-0.05, 0) is 12.5 Å². The Hall–Kier alpha value is -3.00. The molecule has 0 aliphatic heterocycles. The van der Waals surface area contributed by atoms with Crippen molar-refractivity contribution in [2.75, 3.05) is 7.11 Å². The predicted octanol–water partition coefficient (Wildman–Crippen LogP) is 1.35. The van der Waals surface area contributed by atoms with Gasteiger partial charge in [0, 0.05) is 6.20 Å². The Balaban J connectivity index is 1.63. The molecule has 0 aliphatic carbocycles. The summed E-state index contributed by atoms with van der Waals surface area (Å²) in [4.78, 5) is 11.4. The Morgan fingerprint density at radius 1 is 1.24 bits per heavy atom. The molecular formula is C17H19N5O3. The summed E-state index contributed by atoms with van der Waals surface area (Å²) < 4.78 is 7.81. The molecule has 0 fully saturated rings. The zero-order chi connectivity index (χ0) is 17.8. The number of methoxy groups -OCH3 is 1. The Bertz CT molecular complexity index is 853. The van der Waals surface area contributed by atoms with Gasteiger partial charge >= 0.3 is 5.97 Å². The van der Waals surface area contributed by atoms with E-state index in [1.165, 1.54) is 13.3 Å². The summed E-state index contributed by atoms with van der Waals surface area (Å²) in [5, 5.41) is 22.5. The van der Waals surface area contributed by atoms with Crippen molar-refractivity contribution >= 4 is 5.97 Å². The van der Waals surface area contributed by atoms with Crippen LogP contribution in [0.15, 0.2) is 42.9 Å². The second kappa shape index (κ2) is 7.27. The van der Waals surface area contributed by atoms with Crippen LogP contribution in [0.25, 0.3) is 0 Å². The van der Waals surface area contributed by atoms with Crippen LogP contribution in [0.2, 0.25) is 0 Å². The van der Waals surface area contributed by atoms with Gasteiger partial charge in [0.15, 0.2) is 0 Å². The van der Waals surface area contributed by atoms with Gasteiger partial charge in [-0.3, -0.25) is 4.68 Å². The third-order valence-corrected chi connectivity index (χ3v) is 3.79. The van der Waals surface area contributed by atoms with Crippen LogP contribution in [0.1, 0.15) is 33.3 Å². The van der Waals surface area contributed by atoms with Crippen molar-refractivity contribution in [3.63, 3.8) is 0 Å². The van der Waals surface area contributed by atoms with E-state index in [9.17, 15) is 9.90 Å². The first-order chi connectivity index (χ1) is 12.0. The number of aryl methyl sites for hydroxylation is 1. The van der Waals surface area contributed by atoms with E-state index in [0.29, 0.717) is 24.3 Å². The summed E-state index contributed by atoms with van der Waals surface area (Å²) in [6.45, 7) is 2.68. The molecule has 1 N–H and O–H groups in total. The maximum absolute atomic E-state index is 11.4. The molecule has 0 aliphatic rings. The van der Waals surface area contributed by atoms with Crippen molar-refractivity contribution in [3.8, 4) is 0 Å². The molecule has 2 aromatic heterocycles. The quantitative estimate of drug-likeness (QED) is 0.680. The molecule has 0 radical (unpaired) electrons. The fourth-order valence-electron chi connectivity index (χ4n) is 2.41. The number of rotatable bonds is 6. The van der Waals surface area contributed by atoms with Crippen LogP contribution in [-0.4, -0.2) is 43.0 Å². The van der Waals surface area contributed by atoms with Gasteiger partial charge in [0.25, 0.3) is 0 Å². The predicted molar refractivity (Wildman–Crippen MR) is 88.8 cm³/mol. The largest absolute Gasteiger partial charge is 0.465 e. The minimum Gasteiger partial charge on any atom is -0.465 e. The number of aliphatic hydroxyl groups excluding tert-OH is 1. The number of benzene rings is 1. The zero-order valence-corrected chi connectivity index (χ0v) is 14.0. The molecule has 2 heterocycles.